The van der Waals surface area contributed by atoms with Crippen molar-refractivity contribution in [3.8, 4) is 0 Å². The molecule has 0 aliphatic heterocycles. The Morgan fingerprint density at radius 1 is 1.26 bits per heavy atom. The molecule has 0 spiro atoms. The zero-order chi connectivity index (χ0) is 16.8. The first-order valence-corrected chi connectivity index (χ1v) is 7.71. The molecule has 2 amide bonds. The Hall–Kier alpha value is -2.28. The number of nitrogens with one attached hydrogen (secondary N) is 2. The van der Waals surface area contributed by atoms with Crippen LogP contribution in [0, 0.1) is 0 Å². The predicted molar refractivity (Wildman–Crippen MR) is 86.4 cm³/mol. The molecule has 1 aromatic carbocycles. The number of amides is 2. The molecule has 2 N–H and O–H groups in total. The van der Waals surface area contributed by atoms with E-state index in [-0.39, 0.29) is 31.3 Å². The highest BCUT2D eigenvalue weighted by molar-refractivity contribution is 6.31. The fourth-order valence-electron chi connectivity index (χ4n) is 2.06. The fraction of sp³-hybridized carbons (Fsp3) is 0.400. The maximum absolute atomic E-state index is 11.8. The van der Waals surface area contributed by atoms with Crippen LogP contribution >= 0.6 is 11.6 Å². The Kier molecular flexibility index (Phi) is 5.81. The van der Waals surface area contributed by atoms with E-state index < -0.39 is 5.76 Å². The van der Waals surface area contributed by atoms with Gasteiger partial charge in [0, 0.05) is 30.6 Å². The lowest BCUT2D eigenvalue weighted by atomic mass is 10.3. The summed E-state index contributed by atoms with van der Waals surface area (Å²) in [7, 11) is 0. The molecule has 2 rings (SSSR count). The summed E-state index contributed by atoms with van der Waals surface area (Å²) in [6.45, 7) is 2.61. The third-order valence-corrected chi connectivity index (χ3v) is 3.45. The lowest BCUT2D eigenvalue weighted by molar-refractivity contribution is -0.126. The Balaban J connectivity index is 1.91. The first-order chi connectivity index (χ1) is 11.0. The normalized spacial score (nSPS) is 10.7. The number of aryl methyl sites for hydroxylation is 1. The van der Waals surface area contributed by atoms with Crippen LogP contribution in [-0.4, -0.2) is 29.5 Å². The number of benzene rings is 1. The quantitative estimate of drug-likeness (QED) is 0.794. The Morgan fingerprint density at radius 2 is 2.04 bits per heavy atom. The van der Waals surface area contributed by atoms with Crippen molar-refractivity contribution in [1.29, 1.82) is 0 Å². The van der Waals surface area contributed by atoms with E-state index in [1.807, 2.05) is 6.92 Å². The number of fused-ring (bicyclic) bond motifs is 1. The molecule has 2 aromatic rings. The summed E-state index contributed by atoms with van der Waals surface area (Å²) in [5, 5.41) is 5.64. The predicted octanol–water partition coefficient (Wildman–Crippen LogP) is 1.28. The zero-order valence-electron chi connectivity index (χ0n) is 12.7. The molecule has 1 aromatic heterocycles. The van der Waals surface area contributed by atoms with Crippen LogP contribution in [-0.2, 0) is 16.1 Å². The molecular weight excluding hydrogens is 322 g/mol. The smallest absolute Gasteiger partial charge is 0.408 e. The van der Waals surface area contributed by atoms with Gasteiger partial charge in [0.05, 0.1) is 12.1 Å². The monoisotopic (exact) mass is 339 g/mol. The van der Waals surface area contributed by atoms with Gasteiger partial charge in [0.15, 0.2) is 5.58 Å². The molecule has 0 fully saturated rings. The van der Waals surface area contributed by atoms with Gasteiger partial charge in [0.1, 0.15) is 0 Å². The minimum absolute atomic E-state index is 0.0677. The second-order valence-corrected chi connectivity index (χ2v) is 5.44. The van der Waals surface area contributed by atoms with Crippen LogP contribution in [0.3, 0.4) is 0 Å². The van der Waals surface area contributed by atoms with Crippen molar-refractivity contribution in [3.63, 3.8) is 0 Å². The number of oxazole rings is 1. The van der Waals surface area contributed by atoms with Crippen LogP contribution in [0.4, 0.5) is 0 Å². The van der Waals surface area contributed by atoms with Gasteiger partial charge in [-0.25, -0.2) is 4.79 Å². The second kappa shape index (κ2) is 7.82. The van der Waals surface area contributed by atoms with Crippen LogP contribution < -0.4 is 16.4 Å². The Bertz CT molecular complexity index is 766. The van der Waals surface area contributed by atoms with E-state index in [2.05, 4.69) is 10.6 Å². The Morgan fingerprint density at radius 3 is 2.78 bits per heavy atom. The molecule has 0 aliphatic rings. The summed E-state index contributed by atoms with van der Waals surface area (Å²) in [5.74, 6) is -1.09. The van der Waals surface area contributed by atoms with Crippen LogP contribution in [0.1, 0.15) is 19.8 Å². The van der Waals surface area contributed by atoms with Gasteiger partial charge in [0.2, 0.25) is 11.8 Å². The minimum Gasteiger partial charge on any atom is -0.408 e. The summed E-state index contributed by atoms with van der Waals surface area (Å²) >= 11 is 5.84. The lowest BCUT2D eigenvalue weighted by Crippen LogP contribution is -2.37. The largest absolute Gasteiger partial charge is 0.419 e. The van der Waals surface area contributed by atoms with Gasteiger partial charge in [-0.2, -0.15) is 0 Å². The summed E-state index contributed by atoms with van der Waals surface area (Å²) in [6, 6.07) is 4.86. The van der Waals surface area contributed by atoms with Gasteiger partial charge >= 0.3 is 5.76 Å². The van der Waals surface area contributed by atoms with Crippen LogP contribution in [0.2, 0.25) is 5.02 Å². The van der Waals surface area contributed by atoms with Gasteiger partial charge in [0.25, 0.3) is 0 Å². The van der Waals surface area contributed by atoms with Crippen LogP contribution in [0.5, 0.6) is 0 Å². The maximum atomic E-state index is 11.8. The van der Waals surface area contributed by atoms with Crippen molar-refractivity contribution in [2.24, 2.45) is 0 Å². The lowest BCUT2D eigenvalue weighted by Gasteiger charge is -2.06. The molecule has 0 unspecified atom stereocenters. The van der Waals surface area contributed by atoms with Crippen LogP contribution in [0.15, 0.2) is 27.4 Å². The minimum atomic E-state index is -0.546. The van der Waals surface area contributed by atoms with E-state index in [9.17, 15) is 14.4 Å². The molecule has 0 aliphatic carbocycles. The molecule has 8 heteroatoms. The highest BCUT2D eigenvalue weighted by Crippen LogP contribution is 2.18. The highest BCUT2D eigenvalue weighted by Gasteiger charge is 2.11. The van der Waals surface area contributed by atoms with E-state index in [1.54, 1.807) is 18.2 Å². The van der Waals surface area contributed by atoms with Crippen LogP contribution in [0.25, 0.3) is 11.1 Å². The standard InChI is InChI=1S/C15H18ClN3O4/c1-2-6-17-14(21)9-18-13(20)5-7-19-11-4-3-10(16)8-12(11)23-15(19)22/h3-4,8H,2,5-7,9H2,1H3,(H,17,21)(H,18,20). The number of halogens is 1. The van der Waals surface area contributed by atoms with Crippen molar-refractivity contribution >= 4 is 34.5 Å². The zero-order valence-corrected chi connectivity index (χ0v) is 13.5. The molecule has 0 saturated heterocycles. The molecule has 0 saturated carbocycles. The van der Waals surface area contributed by atoms with Gasteiger partial charge in [-0.3, -0.25) is 14.2 Å². The molecular formula is C15H18ClN3O4. The molecule has 124 valence electrons. The summed E-state index contributed by atoms with van der Waals surface area (Å²) in [6.07, 6.45) is 0.901. The van der Waals surface area contributed by atoms with Crippen molar-refractivity contribution in [2.75, 3.05) is 13.1 Å². The molecule has 0 bridgehead atoms. The van der Waals surface area contributed by atoms with E-state index in [1.165, 1.54) is 4.57 Å². The molecule has 23 heavy (non-hydrogen) atoms. The average molecular weight is 340 g/mol. The van der Waals surface area contributed by atoms with E-state index in [0.717, 1.165) is 6.42 Å². The SMILES string of the molecule is CCCNC(=O)CNC(=O)CCn1c(=O)oc2cc(Cl)ccc21. The van der Waals surface area contributed by atoms with Gasteiger partial charge in [-0.1, -0.05) is 18.5 Å². The highest BCUT2D eigenvalue weighted by atomic mass is 35.5. The van der Waals surface area contributed by atoms with E-state index >= 15 is 0 Å². The van der Waals surface area contributed by atoms with Crippen molar-refractivity contribution in [3.05, 3.63) is 33.8 Å². The van der Waals surface area contributed by atoms with Gasteiger partial charge < -0.3 is 15.1 Å². The number of rotatable bonds is 7. The number of carbonyl (C=O) groups is 2. The van der Waals surface area contributed by atoms with Gasteiger partial charge in [-0.05, 0) is 18.6 Å². The van der Waals surface area contributed by atoms with E-state index in [0.29, 0.717) is 22.7 Å². The molecule has 1 heterocycles. The molecule has 0 atom stereocenters. The number of nitrogens with zero attached hydrogens (tertiary/aromatic N) is 1. The summed E-state index contributed by atoms with van der Waals surface area (Å²) in [5.41, 5.74) is 0.953. The molecule has 7 nitrogen and oxygen atoms in total. The number of hydrogen-bond acceptors (Lipinski definition) is 4. The van der Waals surface area contributed by atoms with Crippen molar-refractivity contribution in [2.45, 2.75) is 26.3 Å². The number of hydrogen-bond donors (Lipinski definition) is 2. The third-order valence-electron chi connectivity index (χ3n) is 3.21. The second-order valence-electron chi connectivity index (χ2n) is 5.01. The summed E-state index contributed by atoms with van der Waals surface area (Å²) in [4.78, 5) is 35.0. The number of carbonyl (C=O) groups excluding carboxylic acids is 2. The van der Waals surface area contributed by atoms with E-state index in [4.69, 9.17) is 16.0 Å². The molecule has 0 radical (unpaired) electrons. The first kappa shape index (κ1) is 17.1. The maximum Gasteiger partial charge on any atom is 0.419 e. The topological polar surface area (TPSA) is 93.3 Å². The third kappa shape index (κ3) is 4.59. The first-order valence-electron chi connectivity index (χ1n) is 7.33. The summed E-state index contributed by atoms with van der Waals surface area (Å²) < 4.78 is 6.45. The Labute approximate surface area is 137 Å². The van der Waals surface area contributed by atoms with Crippen molar-refractivity contribution < 1.29 is 14.0 Å². The fourth-order valence-corrected chi connectivity index (χ4v) is 2.22. The van der Waals surface area contributed by atoms with Gasteiger partial charge in [-0.15, -0.1) is 0 Å². The van der Waals surface area contributed by atoms with Crippen molar-refractivity contribution in [1.82, 2.24) is 15.2 Å². The number of aromatic nitrogens is 1. The average Bonchev–Trinajstić information content (AvgIpc) is 2.83.